The summed E-state index contributed by atoms with van der Waals surface area (Å²) in [6, 6.07) is 6.73. The van der Waals surface area contributed by atoms with Crippen molar-refractivity contribution in [2.24, 2.45) is 5.41 Å². The molecule has 2 rings (SSSR count). The van der Waals surface area contributed by atoms with E-state index in [1.165, 1.54) is 42.5 Å². The molecule has 0 heterocycles. The van der Waals surface area contributed by atoms with Crippen LogP contribution in [-0.4, -0.2) is 6.54 Å². The van der Waals surface area contributed by atoms with Crippen molar-refractivity contribution >= 4 is 12.4 Å². The predicted octanol–water partition coefficient (Wildman–Crippen LogP) is 4.01. The molecule has 2 heteroatoms. The van der Waals surface area contributed by atoms with Gasteiger partial charge < -0.3 is 5.32 Å². The van der Waals surface area contributed by atoms with Crippen LogP contribution in [-0.2, 0) is 6.54 Å². The first-order valence-electron chi connectivity index (χ1n) is 6.42. The summed E-state index contributed by atoms with van der Waals surface area (Å²) in [5, 5.41) is 3.62. The Bertz CT molecular complexity index is 369. The van der Waals surface area contributed by atoms with Crippen molar-refractivity contribution in [3.8, 4) is 0 Å². The molecule has 0 aliphatic heterocycles. The standard InChI is InChI=1S/C15H23N.ClH/c1-4-15(7-8-15)11-16-10-14-6-5-12(2)9-13(14)3;/h5-6,9,16H,4,7-8,10-11H2,1-3H3;1H. The zero-order valence-electron chi connectivity index (χ0n) is 11.2. The van der Waals surface area contributed by atoms with Crippen LogP contribution < -0.4 is 5.32 Å². The fraction of sp³-hybridized carbons (Fsp3) is 0.600. The van der Waals surface area contributed by atoms with E-state index < -0.39 is 0 Å². The summed E-state index contributed by atoms with van der Waals surface area (Å²) in [4.78, 5) is 0. The molecule has 1 aliphatic rings. The van der Waals surface area contributed by atoms with Gasteiger partial charge in [-0.05, 0) is 49.7 Å². The molecule has 0 unspecified atom stereocenters. The Morgan fingerprint density at radius 2 is 1.94 bits per heavy atom. The van der Waals surface area contributed by atoms with Gasteiger partial charge in [-0.3, -0.25) is 0 Å². The van der Waals surface area contributed by atoms with Crippen LogP contribution in [0.4, 0.5) is 0 Å². The Labute approximate surface area is 111 Å². The third-order valence-corrected chi connectivity index (χ3v) is 4.02. The highest BCUT2D eigenvalue weighted by Gasteiger charge is 2.39. The van der Waals surface area contributed by atoms with Crippen LogP contribution >= 0.6 is 12.4 Å². The summed E-state index contributed by atoms with van der Waals surface area (Å²) in [6.07, 6.45) is 4.17. The van der Waals surface area contributed by atoms with E-state index >= 15 is 0 Å². The molecule has 0 radical (unpaired) electrons. The van der Waals surface area contributed by atoms with Gasteiger partial charge in [-0.15, -0.1) is 12.4 Å². The first-order chi connectivity index (χ1) is 7.65. The van der Waals surface area contributed by atoms with Gasteiger partial charge in [0.15, 0.2) is 0 Å². The smallest absolute Gasteiger partial charge is 0.0208 e. The number of halogens is 1. The lowest BCUT2D eigenvalue weighted by molar-refractivity contribution is 0.443. The van der Waals surface area contributed by atoms with Crippen molar-refractivity contribution in [1.82, 2.24) is 5.32 Å². The number of aryl methyl sites for hydroxylation is 2. The van der Waals surface area contributed by atoms with E-state index in [1.54, 1.807) is 0 Å². The van der Waals surface area contributed by atoms with Gasteiger partial charge in [-0.2, -0.15) is 0 Å². The van der Waals surface area contributed by atoms with Crippen molar-refractivity contribution in [3.05, 3.63) is 34.9 Å². The van der Waals surface area contributed by atoms with Crippen molar-refractivity contribution in [3.63, 3.8) is 0 Å². The summed E-state index contributed by atoms with van der Waals surface area (Å²) in [7, 11) is 0. The molecule has 1 N–H and O–H groups in total. The lowest BCUT2D eigenvalue weighted by Gasteiger charge is -2.14. The molecule has 1 aromatic rings. The minimum Gasteiger partial charge on any atom is -0.312 e. The topological polar surface area (TPSA) is 12.0 Å². The maximum atomic E-state index is 3.62. The minimum atomic E-state index is 0. The number of benzene rings is 1. The molecule has 1 nitrogen and oxygen atoms in total. The van der Waals surface area contributed by atoms with Gasteiger partial charge in [-0.25, -0.2) is 0 Å². The number of rotatable bonds is 5. The van der Waals surface area contributed by atoms with E-state index in [0.29, 0.717) is 5.41 Å². The lowest BCUT2D eigenvalue weighted by atomic mass is 10.0. The van der Waals surface area contributed by atoms with Gasteiger partial charge >= 0.3 is 0 Å². The lowest BCUT2D eigenvalue weighted by Crippen LogP contribution is -2.23. The maximum Gasteiger partial charge on any atom is 0.0208 e. The van der Waals surface area contributed by atoms with Gasteiger partial charge in [0.2, 0.25) is 0 Å². The fourth-order valence-corrected chi connectivity index (χ4v) is 2.34. The second-order valence-corrected chi connectivity index (χ2v) is 5.39. The van der Waals surface area contributed by atoms with Gasteiger partial charge in [0.05, 0.1) is 0 Å². The Morgan fingerprint density at radius 1 is 1.24 bits per heavy atom. The molecule has 0 spiro atoms. The first kappa shape index (κ1) is 14.5. The molecule has 0 amide bonds. The van der Waals surface area contributed by atoms with Crippen LogP contribution in [0.25, 0.3) is 0 Å². The van der Waals surface area contributed by atoms with E-state index in [9.17, 15) is 0 Å². The first-order valence-corrected chi connectivity index (χ1v) is 6.42. The van der Waals surface area contributed by atoms with Crippen molar-refractivity contribution in [2.75, 3.05) is 6.54 Å². The minimum absolute atomic E-state index is 0. The van der Waals surface area contributed by atoms with E-state index in [4.69, 9.17) is 0 Å². The van der Waals surface area contributed by atoms with Crippen molar-refractivity contribution < 1.29 is 0 Å². The second kappa shape index (κ2) is 5.88. The molecular weight excluding hydrogens is 230 g/mol. The SMILES string of the molecule is CCC1(CNCc2ccc(C)cc2C)CC1.Cl. The Balaban J connectivity index is 0.00000144. The van der Waals surface area contributed by atoms with E-state index in [2.05, 4.69) is 44.3 Å². The largest absolute Gasteiger partial charge is 0.312 e. The summed E-state index contributed by atoms with van der Waals surface area (Å²) in [5.74, 6) is 0. The highest BCUT2D eigenvalue weighted by atomic mass is 35.5. The summed E-state index contributed by atoms with van der Waals surface area (Å²) < 4.78 is 0. The van der Waals surface area contributed by atoms with Gasteiger partial charge in [0.25, 0.3) is 0 Å². The third-order valence-electron chi connectivity index (χ3n) is 4.02. The van der Waals surface area contributed by atoms with Crippen LogP contribution in [0.15, 0.2) is 18.2 Å². The van der Waals surface area contributed by atoms with Crippen LogP contribution in [0.1, 0.15) is 42.9 Å². The molecule has 0 saturated heterocycles. The molecule has 0 aromatic heterocycles. The zero-order valence-corrected chi connectivity index (χ0v) is 12.0. The third kappa shape index (κ3) is 3.72. The average Bonchev–Trinajstić information content (AvgIpc) is 3.02. The Kier molecular flexibility index (Phi) is 5.03. The number of hydrogen-bond acceptors (Lipinski definition) is 1. The molecule has 1 aromatic carbocycles. The fourth-order valence-electron chi connectivity index (χ4n) is 2.34. The van der Waals surface area contributed by atoms with E-state index in [0.717, 1.165) is 6.54 Å². The zero-order chi connectivity index (χ0) is 11.6. The van der Waals surface area contributed by atoms with Gasteiger partial charge in [-0.1, -0.05) is 30.7 Å². The van der Waals surface area contributed by atoms with Gasteiger partial charge in [0.1, 0.15) is 0 Å². The Morgan fingerprint density at radius 3 is 2.47 bits per heavy atom. The molecule has 96 valence electrons. The molecule has 17 heavy (non-hydrogen) atoms. The van der Waals surface area contributed by atoms with Crippen molar-refractivity contribution in [2.45, 2.75) is 46.6 Å². The highest BCUT2D eigenvalue weighted by Crippen LogP contribution is 2.47. The monoisotopic (exact) mass is 253 g/mol. The molecule has 1 fully saturated rings. The van der Waals surface area contributed by atoms with Crippen LogP contribution in [0.2, 0.25) is 0 Å². The predicted molar refractivity (Wildman–Crippen MR) is 76.8 cm³/mol. The molecule has 1 saturated carbocycles. The van der Waals surface area contributed by atoms with Crippen molar-refractivity contribution in [1.29, 1.82) is 0 Å². The summed E-state index contributed by atoms with van der Waals surface area (Å²) in [5.41, 5.74) is 4.86. The van der Waals surface area contributed by atoms with Crippen LogP contribution in [0, 0.1) is 19.3 Å². The normalized spacial score (nSPS) is 16.4. The van der Waals surface area contributed by atoms with Gasteiger partial charge in [0, 0.05) is 13.1 Å². The summed E-state index contributed by atoms with van der Waals surface area (Å²) >= 11 is 0. The highest BCUT2D eigenvalue weighted by molar-refractivity contribution is 5.85. The number of nitrogens with one attached hydrogen (secondary N) is 1. The van der Waals surface area contributed by atoms with E-state index in [-0.39, 0.29) is 12.4 Å². The molecule has 1 aliphatic carbocycles. The number of hydrogen-bond donors (Lipinski definition) is 1. The maximum absolute atomic E-state index is 3.62. The Hall–Kier alpha value is -0.530. The quantitative estimate of drug-likeness (QED) is 0.836. The molecule has 0 bridgehead atoms. The van der Waals surface area contributed by atoms with Crippen LogP contribution in [0.5, 0.6) is 0 Å². The van der Waals surface area contributed by atoms with E-state index in [1.807, 2.05) is 0 Å². The second-order valence-electron chi connectivity index (χ2n) is 5.39. The summed E-state index contributed by atoms with van der Waals surface area (Å²) in [6.45, 7) is 8.88. The molecule has 0 atom stereocenters. The average molecular weight is 254 g/mol. The molecular formula is C15H24ClN. The van der Waals surface area contributed by atoms with Crippen LogP contribution in [0.3, 0.4) is 0 Å².